The van der Waals surface area contributed by atoms with E-state index in [1.54, 1.807) is 19.2 Å². The number of carbonyl (C=O) groups excluding carboxylic acids is 1. The fraction of sp³-hybridized carbons (Fsp3) is 0.0667. The van der Waals surface area contributed by atoms with Crippen LogP contribution in [0.25, 0.3) is 0 Å². The number of amides is 1. The fourth-order valence-electron chi connectivity index (χ4n) is 1.83. The van der Waals surface area contributed by atoms with Crippen molar-refractivity contribution in [2.75, 3.05) is 12.4 Å². The topological polar surface area (TPSA) is 73.7 Å². The first kappa shape index (κ1) is 17.4. The number of phenols is 1. The van der Waals surface area contributed by atoms with Crippen LogP contribution in [0, 0.1) is 0 Å². The number of anilines is 1. The van der Waals surface area contributed by atoms with Crippen molar-refractivity contribution in [1.82, 2.24) is 5.43 Å². The Bertz CT molecular complexity index is 779. The first-order valence-electron chi connectivity index (χ1n) is 6.41. The lowest BCUT2D eigenvalue weighted by Crippen LogP contribution is -2.19. The minimum Gasteiger partial charge on any atom is -0.506 e. The van der Waals surface area contributed by atoms with Crippen molar-refractivity contribution in [3.63, 3.8) is 0 Å². The second-order valence-electron chi connectivity index (χ2n) is 4.46. The predicted molar refractivity (Wildman–Crippen MR) is 94.2 cm³/mol. The second kappa shape index (κ2) is 7.55. The van der Waals surface area contributed by atoms with Crippen LogP contribution in [0.5, 0.6) is 5.75 Å². The van der Waals surface area contributed by atoms with E-state index >= 15 is 0 Å². The molecule has 0 saturated heterocycles. The zero-order valence-electron chi connectivity index (χ0n) is 11.9. The summed E-state index contributed by atoms with van der Waals surface area (Å²) in [5, 5.41) is 17.3. The van der Waals surface area contributed by atoms with Crippen LogP contribution in [0.15, 0.2) is 35.4 Å². The molecule has 0 heterocycles. The first-order chi connectivity index (χ1) is 10.9. The maximum Gasteiger partial charge on any atom is 0.273 e. The molecule has 0 fully saturated rings. The Balaban J connectivity index is 2.18. The highest BCUT2D eigenvalue weighted by atomic mass is 35.5. The van der Waals surface area contributed by atoms with Crippen molar-refractivity contribution < 1.29 is 9.90 Å². The number of aromatic hydroxyl groups is 1. The molecule has 0 atom stereocenters. The van der Waals surface area contributed by atoms with Crippen LogP contribution in [0.3, 0.4) is 0 Å². The first-order valence-corrected chi connectivity index (χ1v) is 7.54. The molecule has 3 N–H and O–H groups in total. The van der Waals surface area contributed by atoms with Gasteiger partial charge in [0.05, 0.1) is 16.8 Å². The Morgan fingerprint density at radius 2 is 1.91 bits per heavy atom. The molecule has 120 valence electrons. The van der Waals surface area contributed by atoms with Gasteiger partial charge in [0.1, 0.15) is 5.75 Å². The van der Waals surface area contributed by atoms with Crippen molar-refractivity contribution in [3.8, 4) is 5.75 Å². The van der Waals surface area contributed by atoms with Gasteiger partial charge in [0.2, 0.25) is 0 Å². The van der Waals surface area contributed by atoms with Crippen LogP contribution in [0.1, 0.15) is 15.9 Å². The standard InChI is InChI=1S/C15H12Cl3N3O2/c1-19-13-3-2-9(16)5-11(13)15(23)21-20-7-8-4-10(17)6-12(18)14(8)22/h2-7,19,22H,1H3,(H,21,23)/b20-7-. The number of nitrogens with zero attached hydrogens (tertiary/aromatic N) is 1. The zero-order valence-corrected chi connectivity index (χ0v) is 14.2. The van der Waals surface area contributed by atoms with Crippen molar-refractivity contribution >= 4 is 52.6 Å². The lowest BCUT2D eigenvalue weighted by Gasteiger charge is -2.08. The van der Waals surface area contributed by atoms with Crippen LogP contribution in [-0.2, 0) is 0 Å². The van der Waals surface area contributed by atoms with E-state index in [-0.39, 0.29) is 16.3 Å². The average molecular weight is 373 g/mol. The summed E-state index contributed by atoms with van der Waals surface area (Å²) in [4.78, 5) is 12.1. The van der Waals surface area contributed by atoms with Crippen LogP contribution in [-0.4, -0.2) is 24.3 Å². The van der Waals surface area contributed by atoms with Gasteiger partial charge in [-0.2, -0.15) is 5.10 Å². The third kappa shape index (κ3) is 4.28. The molecule has 0 radical (unpaired) electrons. The number of benzene rings is 2. The normalized spacial score (nSPS) is 10.8. The van der Waals surface area contributed by atoms with Gasteiger partial charge in [0.25, 0.3) is 5.91 Å². The SMILES string of the molecule is CNc1ccc(Cl)cc1C(=O)N/N=C\c1cc(Cl)cc(Cl)c1O. The van der Waals surface area contributed by atoms with Crippen molar-refractivity contribution in [2.45, 2.75) is 0 Å². The van der Waals surface area contributed by atoms with Crippen molar-refractivity contribution in [1.29, 1.82) is 0 Å². The molecule has 2 aromatic carbocycles. The Hall–Kier alpha value is -1.95. The summed E-state index contributed by atoms with van der Waals surface area (Å²) < 4.78 is 0. The Morgan fingerprint density at radius 3 is 2.61 bits per heavy atom. The molecule has 0 aromatic heterocycles. The van der Waals surface area contributed by atoms with Gasteiger partial charge in [-0.15, -0.1) is 0 Å². The van der Waals surface area contributed by atoms with Crippen LogP contribution < -0.4 is 10.7 Å². The molecular formula is C15H12Cl3N3O2. The molecule has 0 unspecified atom stereocenters. The van der Waals surface area contributed by atoms with Gasteiger partial charge in [-0.25, -0.2) is 5.43 Å². The smallest absolute Gasteiger partial charge is 0.273 e. The van der Waals surface area contributed by atoms with Gasteiger partial charge < -0.3 is 10.4 Å². The highest BCUT2D eigenvalue weighted by Crippen LogP contribution is 2.30. The number of halogens is 3. The summed E-state index contributed by atoms with van der Waals surface area (Å²) in [5.74, 6) is -0.631. The van der Waals surface area contributed by atoms with E-state index in [0.717, 1.165) is 0 Å². The number of hydrogen-bond donors (Lipinski definition) is 3. The monoisotopic (exact) mass is 371 g/mol. The van der Waals surface area contributed by atoms with Gasteiger partial charge in [0, 0.05) is 28.3 Å². The maximum atomic E-state index is 12.1. The summed E-state index contributed by atoms with van der Waals surface area (Å²) in [7, 11) is 1.69. The lowest BCUT2D eigenvalue weighted by atomic mass is 10.1. The fourth-order valence-corrected chi connectivity index (χ4v) is 2.51. The molecule has 0 bridgehead atoms. The molecule has 0 aliphatic heterocycles. The zero-order chi connectivity index (χ0) is 17.0. The summed E-state index contributed by atoms with van der Waals surface area (Å²) in [6.45, 7) is 0. The third-order valence-electron chi connectivity index (χ3n) is 2.92. The number of hydrazone groups is 1. The molecule has 23 heavy (non-hydrogen) atoms. The molecule has 1 amide bonds. The molecule has 2 rings (SSSR count). The second-order valence-corrected chi connectivity index (χ2v) is 5.74. The van der Waals surface area contributed by atoms with Crippen LogP contribution >= 0.6 is 34.8 Å². The highest BCUT2D eigenvalue weighted by Gasteiger charge is 2.11. The lowest BCUT2D eigenvalue weighted by molar-refractivity contribution is 0.0956. The molecule has 2 aromatic rings. The van der Waals surface area contributed by atoms with E-state index in [9.17, 15) is 9.90 Å². The summed E-state index contributed by atoms with van der Waals surface area (Å²) in [5.41, 5.74) is 3.58. The molecule has 0 aliphatic carbocycles. The minimum absolute atomic E-state index is 0.0950. The molecule has 5 nitrogen and oxygen atoms in total. The van der Waals surface area contributed by atoms with E-state index in [1.807, 2.05) is 0 Å². The third-order valence-corrected chi connectivity index (χ3v) is 3.66. The van der Waals surface area contributed by atoms with Gasteiger partial charge in [-0.1, -0.05) is 34.8 Å². The number of hydrogen-bond acceptors (Lipinski definition) is 4. The minimum atomic E-state index is -0.458. The van der Waals surface area contributed by atoms with E-state index in [1.165, 1.54) is 24.4 Å². The number of phenolic OH excluding ortho intramolecular Hbond substituents is 1. The molecule has 8 heteroatoms. The molecule has 0 aliphatic rings. The Morgan fingerprint density at radius 1 is 1.17 bits per heavy atom. The van der Waals surface area contributed by atoms with Crippen LogP contribution in [0.4, 0.5) is 5.69 Å². The van der Waals surface area contributed by atoms with E-state index in [0.29, 0.717) is 21.3 Å². The highest BCUT2D eigenvalue weighted by molar-refractivity contribution is 6.36. The van der Waals surface area contributed by atoms with E-state index in [2.05, 4.69) is 15.8 Å². The summed E-state index contributed by atoms with van der Waals surface area (Å²) in [6, 6.07) is 7.74. The quantitative estimate of drug-likeness (QED) is 0.557. The summed E-state index contributed by atoms with van der Waals surface area (Å²) in [6.07, 6.45) is 1.24. The van der Waals surface area contributed by atoms with E-state index in [4.69, 9.17) is 34.8 Å². The van der Waals surface area contributed by atoms with E-state index < -0.39 is 5.91 Å². The molecule has 0 saturated carbocycles. The largest absolute Gasteiger partial charge is 0.506 e. The number of rotatable bonds is 4. The molecule has 0 spiro atoms. The van der Waals surface area contributed by atoms with Crippen molar-refractivity contribution in [3.05, 3.63) is 56.5 Å². The van der Waals surface area contributed by atoms with Gasteiger partial charge in [-0.05, 0) is 30.3 Å². The Kier molecular flexibility index (Phi) is 5.71. The number of carbonyl (C=O) groups is 1. The van der Waals surface area contributed by atoms with Gasteiger partial charge in [-0.3, -0.25) is 4.79 Å². The van der Waals surface area contributed by atoms with Crippen LogP contribution in [0.2, 0.25) is 15.1 Å². The summed E-state index contributed by atoms with van der Waals surface area (Å²) >= 11 is 17.6. The predicted octanol–water partition coefficient (Wildman–Crippen LogP) is 4.16. The maximum absolute atomic E-state index is 12.1. The average Bonchev–Trinajstić information content (AvgIpc) is 2.51. The van der Waals surface area contributed by atoms with Gasteiger partial charge in [0.15, 0.2) is 0 Å². The Labute approximate surface area is 147 Å². The van der Waals surface area contributed by atoms with Gasteiger partial charge >= 0.3 is 0 Å². The number of nitrogens with one attached hydrogen (secondary N) is 2. The van der Waals surface area contributed by atoms with Crippen molar-refractivity contribution in [2.24, 2.45) is 5.10 Å². The molecular weight excluding hydrogens is 361 g/mol.